The third kappa shape index (κ3) is 2.12. The molecule has 2 heterocycles. The molecule has 0 bridgehead atoms. The van der Waals surface area contributed by atoms with Crippen LogP contribution in [0.2, 0.25) is 0 Å². The minimum atomic E-state index is 0.832. The number of benzene rings is 1. The summed E-state index contributed by atoms with van der Waals surface area (Å²) in [5, 5.41) is 2.32. The molecule has 4 heteroatoms. The molecular weight excluding hydrogens is 236 g/mol. The van der Waals surface area contributed by atoms with E-state index in [1.807, 2.05) is 18.3 Å². The molecule has 100 valence electrons. The van der Waals surface area contributed by atoms with Crippen molar-refractivity contribution in [1.29, 1.82) is 0 Å². The molecule has 0 amide bonds. The predicted octanol–water partition coefficient (Wildman–Crippen LogP) is 1.88. The Morgan fingerprint density at radius 2 is 1.84 bits per heavy atom. The van der Waals surface area contributed by atoms with Gasteiger partial charge in [0.25, 0.3) is 0 Å². The van der Waals surface area contributed by atoms with Gasteiger partial charge in [0.2, 0.25) is 0 Å². The largest absolute Gasteiger partial charge is 0.398 e. The first-order chi connectivity index (χ1) is 9.16. The van der Waals surface area contributed by atoms with E-state index in [1.165, 1.54) is 10.9 Å². The first-order valence-electron chi connectivity index (χ1n) is 6.74. The summed E-state index contributed by atoms with van der Waals surface area (Å²) in [7, 11) is 2.16. The van der Waals surface area contributed by atoms with Crippen molar-refractivity contribution in [2.45, 2.75) is 6.92 Å². The van der Waals surface area contributed by atoms with Crippen LogP contribution in [0.1, 0.15) is 5.56 Å². The summed E-state index contributed by atoms with van der Waals surface area (Å²) in [6.07, 6.45) is 1.87. The molecule has 3 rings (SSSR count). The molecule has 0 radical (unpaired) electrons. The third-order valence-corrected chi connectivity index (χ3v) is 3.95. The molecule has 0 aliphatic carbocycles. The number of aryl methyl sites for hydroxylation is 1. The minimum absolute atomic E-state index is 0.832. The number of nitrogens with zero attached hydrogens (tertiary/aromatic N) is 3. The second kappa shape index (κ2) is 4.70. The maximum Gasteiger partial charge on any atom is 0.136 e. The molecule has 0 unspecified atom stereocenters. The molecule has 0 saturated carbocycles. The SMILES string of the molecule is Cc1ccc(N)c2ccnc(N3CCN(C)CC3)c12. The number of rotatable bonds is 1. The monoisotopic (exact) mass is 256 g/mol. The number of hydrogen-bond acceptors (Lipinski definition) is 4. The lowest BCUT2D eigenvalue weighted by atomic mass is 10.0. The topological polar surface area (TPSA) is 45.4 Å². The lowest BCUT2D eigenvalue weighted by Crippen LogP contribution is -2.44. The fourth-order valence-corrected chi connectivity index (χ4v) is 2.73. The summed E-state index contributed by atoms with van der Waals surface area (Å²) in [5.74, 6) is 1.08. The van der Waals surface area contributed by atoms with Gasteiger partial charge in [0.15, 0.2) is 0 Å². The lowest BCUT2D eigenvalue weighted by Gasteiger charge is -2.34. The van der Waals surface area contributed by atoms with Gasteiger partial charge in [0.05, 0.1) is 0 Å². The van der Waals surface area contributed by atoms with Crippen LogP contribution in [0.4, 0.5) is 11.5 Å². The van der Waals surface area contributed by atoms with Crippen LogP contribution in [-0.4, -0.2) is 43.1 Å². The first kappa shape index (κ1) is 12.2. The van der Waals surface area contributed by atoms with Crippen LogP contribution in [0.15, 0.2) is 24.4 Å². The van der Waals surface area contributed by atoms with Crippen LogP contribution in [-0.2, 0) is 0 Å². The van der Waals surface area contributed by atoms with E-state index in [0.29, 0.717) is 0 Å². The van der Waals surface area contributed by atoms with Crippen LogP contribution >= 0.6 is 0 Å². The number of hydrogen-bond donors (Lipinski definition) is 1. The van der Waals surface area contributed by atoms with Crippen molar-refractivity contribution < 1.29 is 0 Å². The molecule has 0 spiro atoms. The molecule has 1 aliphatic heterocycles. The Balaban J connectivity index is 2.11. The lowest BCUT2D eigenvalue weighted by molar-refractivity contribution is 0.312. The van der Waals surface area contributed by atoms with Crippen molar-refractivity contribution >= 4 is 22.3 Å². The molecule has 1 saturated heterocycles. The highest BCUT2D eigenvalue weighted by Gasteiger charge is 2.18. The third-order valence-electron chi connectivity index (χ3n) is 3.95. The molecule has 1 aliphatic rings. The maximum atomic E-state index is 6.09. The quantitative estimate of drug-likeness (QED) is 0.791. The molecule has 2 N–H and O–H groups in total. The number of fused-ring (bicyclic) bond motifs is 1. The summed E-state index contributed by atoms with van der Waals surface area (Å²) >= 11 is 0. The Labute approximate surface area is 113 Å². The number of likely N-dealkylation sites (N-methyl/N-ethyl adjacent to an activating group) is 1. The van der Waals surface area contributed by atoms with E-state index >= 15 is 0 Å². The van der Waals surface area contributed by atoms with Gasteiger partial charge < -0.3 is 15.5 Å². The van der Waals surface area contributed by atoms with Crippen LogP contribution in [0.5, 0.6) is 0 Å². The number of nitrogens with two attached hydrogens (primary N) is 1. The highest BCUT2D eigenvalue weighted by molar-refractivity contribution is 6.01. The van der Waals surface area contributed by atoms with Gasteiger partial charge >= 0.3 is 0 Å². The minimum Gasteiger partial charge on any atom is -0.398 e. The van der Waals surface area contributed by atoms with Gasteiger partial charge in [-0.25, -0.2) is 4.98 Å². The molecular formula is C15H20N4. The van der Waals surface area contributed by atoms with Gasteiger partial charge in [-0.15, -0.1) is 0 Å². The number of nitrogen functional groups attached to an aromatic ring is 1. The van der Waals surface area contributed by atoms with E-state index in [4.69, 9.17) is 5.73 Å². The second-order valence-corrected chi connectivity index (χ2v) is 5.32. The predicted molar refractivity (Wildman–Crippen MR) is 80.6 cm³/mol. The number of aromatic nitrogens is 1. The Hall–Kier alpha value is -1.81. The number of anilines is 2. The maximum absolute atomic E-state index is 6.09. The Kier molecular flexibility index (Phi) is 3.03. The van der Waals surface area contributed by atoms with Crippen LogP contribution < -0.4 is 10.6 Å². The zero-order valence-electron chi connectivity index (χ0n) is 11.6. The smallest absolute Gasteiger partial charge is 0.136 e. The van der Waals surface area contributed by atoms with E-state index < -0.39 is 0 Å². The average Bonchev–Trinajstić information content (AvgIpc) is 2.43. The fourth-order valence-electron chi connectivity index (χ4n) is 2.73. The standard InChI is InChI=1S/C15H20N4/c1-11-3-4-13(16)12-5-6-17-15(14(11)12)19-9-7-18(2)8-10-19/h3-6H,7-10,16H2,1-2H3. The normalized spacial score (nSPS) is 17.1. The van der Waals surface area contributed by atoms with Crippen molar-refractivity contribution in [1.82, 2.24) is 9.88 Å². The fraction of sp³-hybridized carbons (Fsp3) is 0.400. The second-order valence-electron chi connectivity index (χ2n) is 5.32. The van der Waals surface area contributed by atoms with E-state index in [0.717, 1.165) is 43.1 Å². The molecule has 4 nitrogen and oxygen atoms in total. The van der Waals surface area contributed by atoms with Crippen LogP contribution in [0.25, 0.3) is 10.8 Å². The number of piperazine rings is 1. The summed E-state index contributed by atoms with van der Waals surface area (Å²) in [6.45, 7) is 6.34. The molecule has 0 atom stereocenters. The molecule has 1 aromatic heterocycles. The van der Waals surface area contributed by atoms with Gasteiger partial charge in [0.1, 0.15) is 5.82 Å². The van der Waals surface area contributed by atoms with Crippen molar-refractivity contribution in [2.75, 3.05) is 43.9 Å². The zero-order chi connectivity index (χ0) is 13.4. The molecule has 1 aromatic carbocycles. The van der Waals surface area contributed by atoms with E-state index in [-0.39, 0.29) is 0 Å². The molecule has 2 aromatic rings. The summed E-state index contributed by atoms with van der Waals surface area (Å²) in [4.78, 5) is 9.33. The number of pyridine rings is 1. The molecule has 19 heavy (non-hydrogen) atoms. The Morgan fingerprint density at radius 3 is 2.58 bits per heavy atom. The van der Waals surface area contributed by atoms with Crippen molar-refractivity contribution in [3.63, 3.8) is 0 Å². The summed E-state index contributed by atoms with van der Waals surface area (Å²) in [6, 6.07) is 6.07. The first-order valence-corrected chi connectivity index (χ1v) is 6.74. The van der Waals surface area contributed by atoms with Crippen LogP contribution in [0, 0.1) is 6.92 Å². The van der Waals surface area contributed by atoms with Gasteiger partial charge in [0, 0.05) is 48.8 Å². The van der Waals surface area contributed by atoms with Gasteiger partial charge in [-0.05, 0) is 31.7 Å². The summed E-state index contributed by atoms with van der Waals surface area (Å²) < 4.78 is 0. The van der Waals surface area contributed by atoms with Gasteiger partial charge in [-0.3, -0.25) is 0 Å². The average molecular weight is 256 g/mol. The van der Waals surface area contributed by atoms with Crippen LogP contribution in [0.3, 0.4) is 0 Å². The van der Waals surface area contributed by atoms with Crippen molar-refractivity contribution in [3.8, 4) is 0 Å². The Bertz CT molecular complexity index is 600. The summed E-state index contributed by atoms with van der Waals surface area (Å²) in [5.41, 5.74) is 8.16. The van der Waals surface area contributed by atoms with Gasteiger partial charge in [-0.1, -0.05) is 6.07 Å². The van der Waals surface area contributed by atoms with E-state index in [1.54, 1.807) is 0 Å². The molecule has 1 fully saturated rings. The zero-order valence-corrected chi connectivity index (χ0v) is 11.6. The van der Waals surface area contributed by atoms with E-state index in [2.05, 4.69) is 34.8 Å². The van der Waals surface area contributed by atoms with Crippen molar-refractivity contribution in [2.24, 2.45) is 0 Å². The van der Waals surface area contributed by atoms with Gasteiger partial charge in [-0.2, -0.15) is 0 Å². The van der Waals surface area contributed by atoms with Crippen molar-refractivity contribution in [3.05, 3.63) is 30.0 Å². The highest BCUT2D eigenvalue weighted by atomic mass is 15.3. The van der Waals surface area contributed by atoms with E-state index in [9.17, 15) is 0 Å². The highest BCUT2D eigenvalue weighted by Crippen LogP contribution is 2.31. The Morgan fingerprint density at radius 1 is 1.11 bits per heavy atom.